The summed E-state index contributed by atoms with van der Waals surface area (Å²) in [6.45, 7) is 1.63. The lowest BCUT2D eigenvalue weighted by molar-refractivity contribution is -0.155. The second-order valence-corrected chi connectivity index (χ2v) is 8.64. The second kappa shape index (κ2) is 10.6. The minimum atomic E-state index is -0.491. The fourth-order valence-corrected chi connectivity index (χ4v) is 4.91. The Labute approximate surface area is 178 Å². The minimum Gasteiger partial charge on any atom is -0.508 e. The number of amides is 1. The SMILES string of the molecule is Cc1cc(O)cc(=O)n1CCC(=O)OCC(=O)N(C1CCCCC1)C1CCCCC1. The molecule has 30 heavy (non-hydrogen) atoms. The molecule has 0 radical (unpaired) electrons. The van der Waals surface area contributed by atoms with Crippen molar-refractivity contribution in [2.75, 3.05) is 6.61 Å². The van der Waals surface area contributed by atoms with Gasteiger partial charge in [-0.25, -0.2) is 0 Å². The van der Waals surface area contributed by atoms with Crippen LogP contribution in [0.4, 0.5) is 0 Å². The predicted molar refractivity (Wildman–Crippen MR) is 113 cm³/mol. The molecule has 0 unspecified atom stereocenters. The lowest BCUT2D eigenvalue weighted by Crippen LogP contribution is -2.50. The van der Waals surface area contributed by atoms with Gasteiger partial charge in [0.2, 0.25) is 0 Å². The molecule has 2 fully saturated rings. The van der Waals surface area contributed by atoms with Gasteiger partial charge in [0.25, 0.3) is 11.5 Å². The Hall–Kier alpha value is -2.31. The van der Waals surface area contributed by atoms with Crippen LogP contribution in [-0.4, -0.2) is 45.1 Å². The highest BCUT2D eigenvalue weighted by Crippen LogP contribution is 2.30. The summed E-state index contributed by atoms with van der Waals surface area (Å²) in [5.41, 5.74) is 0.210. The third-order valence-corrected chi connectivity index (χ3v) is 6.44. The number of carbonyl (C=O) groups excluding carboxylic acids is 2. The molecule has 2 aliphatic carbocycles. The Kier molecular flexibility index (Phi) is 7.94. The molecule has 1 aromatic rings. The maximum atomic E-state index is 13.0. The normalized spacial score (nSPS) is 18.2. The van der Waals surface area contributed by atoms with Gasteiger partial charge in [-0.2, -0.15) is 0 Å². The molecule has 2 aliphatic rings. The average molecular weight is 419 g/mol. The third-order valence-electron chi connectivity index (χ3n) is 6.44. The molecule has 1 amide bonds. The Balaban J connectivity index is 1.55. The van der Waals surface area contributed by atoms with Crippen LogP contribution in [0.3, 0.4) is 0 Å². The molecule has 0 aromatic carbocycles. The van der Waals surface area contributed by atoms with Crippen LogP contribution in [0.5, 0.6) is 5.75 Å². The molecule has 0 aliphatic heterocycles. The van der Waals surface area contributed by atoms with Gasteiger partial charge < -0.3 is 19.3 Å². The first-order chi connectivity index (χ1) is 14.5. The molecule has 2 saturated carbocycles. The Morgan fingerprint density at radius 2 is 1.60 bits per heavy atom. The van der Waals surface area contributed by atoms with Crippen molar-refractivity contribution >= 4 is 11.9 Å². The predicted octanol–water partition coefficient (Wildman–Crippen LogP) is 3.29. The molecule has 0 saturated heterocycles. The highest BCUT2D eigenvalue weighted by molar-refractivity contribution is 5.81. The van der Waals surface area contributed by atoms with Crippen LogP contribution in [0.15, 0.2) is 16.9 Å². The van der Waals surface area contributed by atoms with E-state index in [9.17, 15) is 19.5 Å². The largest absolute Gasteiger partial charge is 0.508 e. The topological polar surface area (TPSA) is 88.8 Å². The van der Waals surface area contributed by atoms with Crippen LogP contribution in [0, 0.1) is 6.92 Å². The Morgan fingerprint density at radius 1 is 1.03 bits per heavy atom. The van der Waals surface area contributed by atoms with Crippen molar-refractivity contribution in [3.8, 4) is 5.75 Å². The molecular weight excluding hydrogens is 384 g/mol. The van der Waals surface area contributed by atoms with Gasteiger partial charge in [-0.1, -0.05) is 38.5 Å². The summed E-state index contributed by atoms with van der Waals surface area (Å²) in [6, 6.07) is 3.13. The van der Waals surface area contributed by atoms with Crippen LogP contribution in [0.25, 0.3) is 0 Å². The third kappa shape index (κ3) is 5.86. The fraction of sp³-hybridized carbons (Fsp3) is 0.696. The first-order valence-corrected chi connectivity index (χ1v) is 11.3. The van der Waals surface area contributed by atoms with Crippen LogP contribution in [-0.2, 0) is 20.9 Å². The van der Waals surface area contributed by atoms with E-state index in [1.807, 2.05) is 4.90 Å². The summed E-state index contributed by atoms with van der Waals surface area (Å²) in [4.78, 5) is 39.3. The number of pyridine rings is 1. The van der Waals surface area contributed by atoms with E-state index in [2.05, 4.69) is 0 Å². The minimum absolute atomic E-state index is 0.00561. The number of aromatic hydroxyl groups is 1. The zero-order valence-electron chi connectivity index (χ0n) is 18.0. The van der Waals surface area contributed by atoms with Crippen molar-refractivity contribution < 1.29 is 19.4 Å². The first kappa shape index (κ1) is 22.4. The number of aromatic nitrogens is 1. The van der Waals surface area contributed by atoms with E-state index >= 15 is 0 Å². The zero-order valence-corrected chi connectivity index (χ0v) is 18.0. The second-order valence-electron chi connectivity index (χ2n) is 8.64. The number of hydrogen-bond donors (Lipinski definition) is 1. The van der Waals surface area contributed by atoms with Crippen molar-refractivity contribution in [3.05, 3.63) is 28.2 Å². The van der Waals surface area contributed by atoms with Crippen molar-refractivity contribution in [2.24, 2.45) is 0 Å². The number of esters is 1. The molecule has 1 N–H and O–H groups in total. The summed E-state index contributed by atoms with van der Waals surface area (Å²) in [5.74, 6) is -0.664. The monoisotopic (exact) mass is 418 g/mol. The number of hydrogen-bond acceptors (Lipinski definition) is 5. The molecule has 0 atom stereocenters. The van der Waals surface area contributed by atoms with Crippen LogP contribution >= 0.6 is 0 Å². The summed E-state index contributed by atoms with van der Waals surface area (Å²) in [7, 11) is 0. The van der Waals surface area contributed by atoms with Crippen LogP contribution in [0.2, 0.25) is 0 Å². The number of aryl methyl sites for hydroxylation is 1. The summed E-state index contributed by atoms with van der Waals surface area (Å²) in [5, 5.41) is 9.46. The van der Waals surface area contributed by atoms with E-state index < -0.39 is 5.97 Å². The maximum Gasteiger partial charge on any atom is 0.308 e. The molecule has 0 spiro atoms. The summed E-state index contributed by atoms with van der Waals surface area (Å²) in [6.07, 6.45) is 11.2. The van der Waals surface area contributed by atoms with Gasteiger partial charge in [0.15, 0.2) is 6.61 Å². The molecule has 1 heterocycles. The number of nitrogens with zero attached hydrogens (tertiary/aromatic N) is 2. The van der Waals surface area contributed by atoms with E-state index in [4.69, 9.17) is 4.74 Å². The Morgan fingerprint density at radius 3 is 2.13 bits per heavy atom. The van der Waals surface area contributed by atoms with E-state index in [0.717, 1.165) is 57.4 Å². The van der Waals surface area contributed by atoms with Crippen molar-refractivity contribution in [1.82, 2.24) is 9.47 Å². The maximum absolute atomic E-state index is 13.0. The van der Waals surface area contributed by atoms with E-state index in [1.165, 1.54) is 23.5 Å². The fourth-order valence-electron chi connectivity index (χ4n) is 4.91. The van der Waals surface area contributed by atoms with Gasteiger partial charge in [-0.3, -0.25) is 14.4 Å². The highest BCUT2D eigenvalue weighted by Gasteiger charge is 2.32. The van der Waals surface area contributed by atoms with Crippen LogP contribution < -0.4 is 5.56 Å². The lowest BCUT2D eigenvalue weighted by atomic mass is 9.88. The molecule has 7 heteroatoms. The molecule has 0 bridgehead atoms. The average Bonchev–Trinajstić information content (AvgIpc) is 2.73. The zero-order chi connectivity index (χ0) is 21.5. The van der Waals surface area contributed by atoms with Gasteiger partial charge in [0.1, 0.15) is 5.75 Å². The van der Waals surface area contributed by atoms with Crippen molar-refractivity contribution in [1.29, 1.82) is 0 Å². The van der Waals surface area contributed by atoms with Gasteiger partial charge in [0.05, 0.1) is 6.42 Å². The summed E-state index contributed by atoms with van der Waals surface area (Å²) >= 11 is 0. The molecule has 7 nitrogen and oxygen atoms in total. The lowest BCUT2D eigenvalue weighted by Gasteiger charge is -2.41. The number of rotatable bonds is 7. The first-order valence-electron chi connectivity index (χ1n) is 11.3. The smallest absolute Gasteiger partial charge is 0.308 e. The molecule has 1 aromatic heterocycles. The summed E-state index contributed by atoms with van der Waals surface area (Å²) < 4.78 is 6.71. The molecule has 3 rings (SSSR count). The number of carbonyl (C=O) groups is 2. The quantitative estimate of drug-likeness (QED) is 0.687. The van der Waals surface area contributed by atoms with Gasteiger partial charge >= 0.3 is 5.97 Å². The van der Waals surface area contributed by atoms with E-state index in [-0.39, 0.29) is 48.9 Å². The standard InChI is InChI=1S/C23H34N2O5/c1-17-14-20(26)15-21(27)24(17)13-12-23(29)30-16-22(28)25(18-8-4-2-5-9-18)19-10-6-3-7-11-19/h14-15,18-19,26H,2-13,16H2,1H3. The van der Waals surface area contributed by atoms with Crippen molar-refractivity contribution in [3.63, 3.8) is 0 Å². The highest BCUT2D eigenvalue weighted by atomic mass is 16.5. The van der Waals surface area contributed by atoms with Gasteiger partial charge in [-0.15, -0.1) is 0 Å². The molecule has 166 valence electrons. The number of ether oxygens (including phenoxy) is 1. The Bertz CT molecular complexity index is 773. The van der Waals surface area contributed by atoms with Gasteiger partial charge in [0, 0.05) is 30.4 Å². The molecular formula is C23H34N2O5. The van der Waals surface area contributed by atoms with E-state index in [0.29, 0.717) is 5.69 Å². The van der Waals surface area contributed by atoms with Crippen LogP contribution in [0.1, 0.15) is 76.3 Å². The van der Waals surface area contributed by atoms with Gasteiger partial charge in [-0.05, 0) is 38.7 Å². The van der Waals surface area contributed by atoms with Crippen molar-refractivity contribution in [2.45, 2.75) is 96.2 Å². The van der Waals surface area contributed by atoms with E-state index in [1.54, 1.807) is 6.92 Å².